The van der Waals surface area contributed by atoms with E-state index in [1.54, 1.807) is 0 Å². The Labute approximate surface area is 152 Å². The van der Waals surface area contributed by atoms with Gasteiger partial charge < -0.3 is 10.2 Å². The molecule has 0 saturated heterocycles. The average molecular weight is 350 g/mol. The number of aryl methyl sites for hydroxylation is 1. The summed E-state index contributed by atoms with van der Waals surface area (Å²) in [6.45, 7) is 6.21. The van der Waals surface area contributed by atoms with Crippen molar-refractivity contribution in [3.05, 3.63) is 59.7 Å². The van der Waals surface area contributed by atoms with Crippen LogP contribution >= 0.6 is 11.5 Å². The molecule has 0 amide bonds. The summed E-state index contributed by atoms with van der Waals surface area (Å²) in [6.07, 6.45) is 1.13. The highest BCUT2D eigenvalue weighted by Crippen LogP contribution is 2.31. The Kier molecular flexibility index (Phi) is 4.40. The maximum absolute atomic E-state index is 4.63. The quantitative estimate of drug-likeness (QED) is 0.741. The monoisotopic (exact) mass is 350 g/mol. The van der Waals surface area contributed by atoms with Crippen LogP contribution in [0.5, 0.6) is 0 Å². The Bertz CT molecular complexity index is 873. The molecule has 1 aromatic heterocycles. The molecule has 25 heavy (non-hydrogen) atoms. The smallest absolute Gasteiger partial charge is 0.202 e. The van der Waals surface area contributed by atoms with Crippen LogP contribution in [0.25, 0.3) is 11.4 Å². The largest absolute Gasteiger partial charge is 0.367 e. The van der Waals surface area contributed by atoms with E-state index in [4.69, 9.17) is 0 Å². The second-order valence-corrected chi connectivity index (χ2v) is 7.35. The summed E-state index contributed by atoms with van der Waals surface area (Å²) in [5.74, 6) is 0.802. The van der Waals surface area contributed by atoms with Crippen molar-refractivity contribution in [1.82, 2.24) is 9.36 Å². The topological polar surface area (TPSA) is 41.1 Å². The summed E-state index contributed by atoms with van der Waals surface area (Å²) >= 11 is 1.43. The van der Waals surface area contributed by atoms with Gasteiger partial charge in [0.1, 0.15) is 0 Å². The van der Waals surface area contributed by atoms with E-state index in [9.17, 15) is 0 Å². The first-order chi connectivity index (χ1) is 12.2. The fourth-order valence-corrected chi connectivity index (χ4v) is 4.06. The Morgan fingerprint density at radius 1 is 1.20 bits per heavy atom. The minimum Gasteiger partial charge on any atom is -0.367 e. The van der Waals surface area contributed by atoms with Gasteiger partial charge in [-0.15, -0.1) is 0 Å². The number of nitrogens with one attached hydrogen (secondary N) is 1. The van der Waals surface area contributed by atoms with Gasteiger partial charge in [0, 0.05) is 41.9 Å². The van der Waals surface area contributed by atoms with Crippen LogP contribution in [0.2, 0.25) is 0 Å². The SMILES string of the molecule is Cc1cccc(-c2nsc(NCCN3c4ccccc4CC3C)n2)c1. The minimum atomic E-state index is 0.552. The summed E-state index contributed by atoms with van der Waals surface area (Å²) in [6, 6.07) is 17.6. The van der Waals surface area contributed by atoms with Crippen molar-refractivity contribution >= 4 is 22.4 Å². The van der Waals surface area contributed by atoms with E-state index in [2.05, 4.69) is 75.9 Å². The van der Waals surface area contributed by atoms with Crippen LogP contribution in [-0.2, 0) is 6.42 Å². The zero-order valence-corrected chi connectivity index (χ0v) is 15.4. The summed E-state index contributed by atoms with van der Waals surface area (Å²) in [5, 5.41) is 4.32. The van der Waals surface area contributed by atoms with Crippen LogP contribution < -0.4 is 10.2 Å². The molecular weight excluding hydrogens is 328 g/mol. The van der Waals surface area contributed by atoms with Crippen molar-refractivity contribution in [2.45, 2.75) is 26.3 Å². The molecule has 0 spiro atoms. The summed E-state index contributed by atoms with van der Waals surface area (Å²) in [5.41, 5.74) is 5.12. The van der Waals surface area contributed by atoms with E-state index >= 15 is 0 Å². The zero-order chi connectivity index (χ0) is 17.2. The Hall–Kier alpha value is -2.40. The van der Waals surface area contributed by atoms with E-state index in [1.165, 1.54) is 28.3 Å². The van der Waals surface area contributed by atoms with Crippen molar-refractivity contribution in [3.8, 4) is 11.4 Å². The highest BCUT2D eigenvalue weighted by atomic mass is 32.1. The molecule has 0 bridgehead atoms. The highest BCUT2D eigenvalue weighted by Gasteiger charge is 2.24. The third-order valence-electron chi connectivity index (χ3n) is 4.68. The standard InChI is InChI=1S/C20H22N4S/c1-14-6-5-8-17(12-14)19-22-20(25-23-19)21-10-11-24-15(2)13-16-7-3-4-9-18(16)24/h3-9,12,15H,10-11,13H2,1-2H3,(H,21,22,23). The van der Waals surface area contributed by atoms with Crippen molar-refractivity contribution in [3.63, 3.8) is 0 Å². The second kappa shape index (κ2) is 6.84. The van der Waals surface area contributed by atoms with Gasteiger partial charge in [-0.1, -0.05) is 42.0 Å². The molecule has 1 aliphatic heterocycles. The van der Waals surface area contributed by atoms with Gasteiger partial charge in [0.25, 0.3) is 0 Å². The molecule has 4 nitrogen and oxygen atoms in total. The number of benzene rings is 2. The number of rotatable bonds is 5. The normalized spacial score (nSPS) is 16.1. The van der Waals surface area contributed by atoms with Gasteiger partial charge in [-0.05, 0) is 38.0 Å². The molecule has 5 heteroatoms. The fourth-order valence-electron chi connectivity index (χ4n) is 3.45. The molecule has 0 saturated carbocycles. The van der Waals surface area contributed by atoms with E-state index in [1.807, 2.05) is 6.07 Å². The van der Waals surface area contributed by atoms with Gasteiger partial charge in [0.2, 0.25) is 5.13 Å². The lowest BCUT2D eigenvalue weighted by molar-refractivity contribution is 0.680. The highest BCUT2D eigenvalue weighted by molar-refractivity contribution is 7.09. The van der Waals surface area contributed by atoms with Gasteiger partial charge in [-0.25, -0.2) is 0 Å². The first-order valence-corrected chi connectivity index (χ1v) is 9.47. The van der Waals surface area contributed by atoms with Crippen molar-refractivity contribution in [2.24, 2.45) is 0 Å². The molecule has 3 aromatic rings. The predicted molar refractivity (Wildman–Crippen MR) is 106 cm³/mol. The summed E-state index contributed by atoms with van der Waals surface area (Å²) < 4.78 is 4.48. The average Bonchev–Trinajstić information content (AvgIpc) is 3.20. The van der Waals surface area contributed by atoms with Crippen molar-refractivity contribution in [2.75, 3.05) is 23.3 Å². The summed E-state index contributed by atoms with van der Waals surface area (Å²) in [7, 11) is 0. The molecule has 2 aromatic carbocycles. The number of anilines is 2. The molecule has 2 heterocycles. The fraction of sp³-hybridized carbons (Fsp3) is 0.300. The van der Waals surface area contributed by atoms with E-state index < -0.39 is 0 Å². The third kappa shape index (κ3) is 3.37. The van der Waals surface area contributed by atoms with Gasteiger partial charge in [-0.3, -0.25) is 0 Å². The van der Waals surface area contributed by atoms with E-state index in [-0.39, 0.29) is 0 Å². The first kappa shape index (κ1) is 16.1. The molecular formula is C20H22N4S. The van der Waals surface area contributed by atoms with Crippen LogP contribution in [-0.4, -0.2) is 28.5 Å². The molecule has 0 fully saturated rings. The van der Waals surface area contributed by atoms with Gasteiger partial charge in [0.15, 0.2) is 5.82 Å². The zero-order valence-electron chi connectivity index (χ0n) is 14.6. The molecule has 0 aliphatic carbocycles. The number of aromatic nitrogens is 2. The number of fused-ring (bicyclic) bond motifs is 1. The van der Waals surface area contributed by atoms with Crippen LogP contribution in [0, 0.1) is 6.92 Å². The van der Waals surface area contributed by atoms with Crippen LogP contribution in [0.4, 0.5) is 10.8 Å². The van der Waals surface area contributed by atoms with Crippen molar-refractivity contribution in [1.29, 1.82) is 0 Å². The van der Waals surface area contributed by atoms with Crippen LogP contribution in [0.3, 0.4) is 0 Å². The lowest BCUT2D eigenvalue weighted by atomic mass is 10.1. The predicted octanol–water partition coefficient (Wildman–Crippen LogP) is 4.38. The molecule has 1 N–H and O–H groups in total. The maximum atomic E-state index is 4.63. The van der Waals surface area contributed by atoms with E-state index in [0.29, 0.717) is 6.04 Å². The van der Waals surface area contributed by atoms with Crippen LogP contribution in [0.1, 0.15) is 18.1 Å². The Morgan fingerprint density at radius 2 is 2.08 bits per heavy atom. The maximum Gasteiger partial charge on any atom is 0.202 e. The third-order valence-corrected chi connectivity index (χ3v) is 5.35. The molecule has 128 valence electrons. The lowest BCUT2D eigenvalue weighted by Crippen LogP contribution is -2.33. The minimum absolute atomic E-state index is 0.552. The molecule has 1 aliphatic rings. The number of para-hydroxylation sites is 1. The first-order valence-electron chi connectivity index (χ1n) is 8.70. The lowest BCUT2D eigenvalue weighted by Gasteiger charge is -2.24. The molecule has 1 atom stereocenters. The Balaban J connectivity index is 1.38. The Morgan fingerprint density at radius 3 is 2.96 bits per heavy atom. The van der Waals surface area contributed by atoms with E-state index in [0.717, 1.165) is 36.0 Å². The van der Waals surface area contributed by atoms with Gasteiger partial charge in [-0.2, -0.15) is 9.36 Å². The number of nitrogens with zero attached hydrogens (tertiary/aromatic N) is 3. The number of hydrogen-bond donors (Lipinski definition) is 1. The summed E-state index contributed by atoms with van der Waals surface area (Å²) in [4.78, 5) is 7.10. The van der Waals surface area contributed by atoms with Crippen molar-refractivity contribution < 1.29 is 0 Å². The molecule has 1 unspecified atom stereocenters. The van der Waals surface area contributed by atoms with Gasteiger partial charge in [0.05, 0.1) is 0 Å². The molecule has 0 radical (unpaired) electrons. The van der Waals surface area contributed by atoms with Gasteiger partial charge >= 0.3 is 0 Å². The number of hydrogen-bond acceptors (Lipinski definition) is 5. The second-order valence-electron chi connectivity index (χ2n) is 6.59. The molecule has 4 rings (SSSR count). The van der Waals surface area contributed by atoms with Crippen LogP contribution in [0.15, 0.2) is 48.5 Å².